The van der Waals surface area contributed by atoms with Gasteiger partial charge < -0.3 is 19.4 Å². The second-order valence-corrected chi connectivity index (χ2v) is 12.7. The van der Waals surface area contributed by atoms with E-state index in [0.717, 1.165) is 45.4 Å². The third kappa shape index (κ3) is 5.29. The number of aromatic nitrogens is 2. The molecule has 4 bridgehead atoms. The van der Waals surface area contributed by atoms with Crippen molar-refractivity contribution >= 4 is 15.9 Å². The lowest BCUT2D eigenvalue weighted by Crippen LogP contribution is -2.46. The lowest BCUT2D eigenvalue weighted by molar-refractivity contribution is -0.121. The summed E-state index contributed by atoms with van der Waals surface area (Å²) in [5, 5.41) is 2.97. The fourth-order valence-electron chi connectivity index (χ4n) is 6.26. The van der Waals surface area contributed by atoms with E-state index in [2.05, 4.69) is 16.3 Å². The average Bonchev–Trinajstić information content (AvgIpc) is 3.54. The molecule has 0 spiro atoms. The van der Waals surface area contributed by atoms with Gasteiger partial charge in [0.1, 0.15) is 0 Å². The number of sulfonamides is 1. The number of carbonyl (C=O) groups excluding carboxylic acids is 1. The molecule has 218 valence electrons. The minimum atomic E-state index is -4.37. The molecule has 4 heterocycles. The molecule has 0 aliphatic carbocycles. The summed E-state index contributed by atoms with van der Waals surface area (Å²) in [6.45, 7) is 1.33. The first-order valence-electron chi connectivity index (χ1n) is 13.7. The highest BCUT2D eigenvalue weighted by Crippen LogP contribution is 2.46. The van der Waals surface area contributed by atoms with E-state index in [-0.39, 0.29) is 18.5 Å². The Morgan fingerprint density at radius 1 is 1.07 bits per heavy atom. The number of ether oxygens (including phenoxy) is 2. The third-order valence-corrected chi connectivity index (χ3v) is 10.2. The highest BCUT2D eigenvalue weighted by Gasteiger charge is 2.44. The Labute approximate surface area is 233 Å². The van der Waals surface area contributed by atoms with Crippen molar-refractivity contribution in [2.75, 3.05) is 39.9 Å². The normalized spacial score (nSPS) is 24.8. The maximum atomic E-state index is 13.7. The molecule has 0 saturated carbocycles. The van der Waals surface area contributed by atoms with Crippen LogP contribution in [0.15, 0.2) is 38.9 Å². The zero-order valence-electron chi connectivity index (χ0n) is 23.2. The summed E-state index contributed by atoms with van der Waals surface area (Å²) in [6, 6.07) is 6.59. The second kappa shape index (κ2) is 11.4. The van der Waals surface area contributed by atoms with Gasteiger partial charge in [0.15, 0.2) is 16.4 Å². The number of methoxy groups -OCH3 is 1. The smallest absolute Gasteiger partial charge is 0.330 e. The summed E-state index contributed by atoms with van der Waals surface area (Å²) in [5.41, 5.74) is -0.397. The minimum Gasteiger partial charge on any atom is -0.493 e. The first kappa shape index (κ1) is 28.4. The van der Waals surface area contributed by atoms with Crippen molar-refractivity contribution < 1.29 is 22.7 Å². The quantitative estimate of drug-likeness (QED) is 0.563. The highest BCUT2D eigenvalue weighted by molar-refractivity contribution is 7.89. The van der Waals surface area contributed by atoms with Crippen molar-refractivity contribution in [1.82, 2.24) is 23.7 Å². The summed E-state index contributed by atoms with van der Waals surface area (Å²) < 4.78 is 41.7. The van der Waals surface area contributed by atoms with Gasteiger partial charge in [-0.2, -0.15) is 4.31 Å². The summed E-state index contributed by atoms with van der Waals surface area (Å²) in [7, 11) is -0.165. The topological polar surface area (TPSA) is 132 Å². The van der Waals surface area contributed by atoms with E-state index in [1.165, 1.54) is 19.7 Å². The Kier molecular flexibility index (Phi) is 8.07. The molecule has 0 radical (unpaired) electrons. The van der Waals surface area contributed by atoms with Crippen molar-refractivity contribution in [2.24, 2.45) is 20.0 Å². The molecular weight excluding hydrogens is 538 g/mol. The molecule has 40 heavy (non-hydrogen) atoms. The molecule has 12 nitrogen and oxygen atoms in total. The van der Waals surface area contributed by atoms with Gasteiger partial charge in [0.05, 0.1) is 20.3 Å². The molecule has 0 unspecified atom stereocenters. The first-order valence-corrected chi connectivity index (χ1v) is 15.2. The molecule has 1 amide bonds. The molecule has 5 rings (SSSR count). The van der Waals surface area contributed by atoms with E-state index in [1.54, 1.807) is 7.11 Å². The van der Waals surface area contributed by atoms with Crippen molar-refractivity contribution in [2.45, 2.75) is 49.1 Å². The molecule has 3 aliphatic heterocycles. The fourth-order valence-corrected chi connectivity index (χ4v) is 7.84. The molecule has 2 aromatic rings. The van der Waals surface area contributed by atoms with E-state index in [1.807, 2.05) is 12.1 Å². The number of rotatable bonds is 3. The predicted octanol–water partition coefficient (Wildman–Crippen LogP) is 0.598. The van der Waals surface area contributed by atoms with Crippen LogP contribution in [0.1, 0.15) is 43.7 Å². The van der Waals surface area contributed by atoms with Crippen LogP contribution in [0.5, 0.6) is 11.5 Å². The number of nitrogens with one attached hydrogen (secondary N) is 1. The van der Waals surface area contributed by atoms with E-state index in [0.29, 0.717) is 43.5 Å². The van der Waals surface area contributed by atoms with Crippen LogP contribution in [0.2, 0.25) is 0 Å². The molecular formula is C27H37N5O7S. The van der Waals surface area contributed by atoms with Crippen LogP contribution in [0, 0.1) is 5.92 Å². The van der Waals surface area contributed by atoms with Crippen LogP contribution in [0.4, 0.5) is 0 Å². The molecule has 3 atom stereocenters. The Morgan fingerprint density at radius 2 is 1.88 bits per heavy atom. The third-order valence-electron chi connectivity index (χ3n) is 8.36. The summed E-state index contributed by atoms with van der Waals surface area (Å²) in [6.07, 6.45) is 4.92. The Hall–Kier alpha value is -3.16. The number of amides is 1. The van der Waals surface area contributed by atoms with E-state index in [9.17, 15) is 22.8 Å². The number of nitrogens with zero attached hydrogens (tertiary/aromatic N) is 4. The maximum absolute atomic E-state index is 13.7. The molecule has 2 saturated heterocycles. The predicted molar refractivity (Wildman–Crippen MR) is 147 cm³/mol. The Balaban J connectivity index is 1.45. The van der Waals surface area contributed by atoms with E-state index in [4.69, 9.17) is 9.47 Å². The molecule has 1 aromatic heterocycles. The Morgan fingerprint density at radius 3 is 2.65 bits per heavy atom. The van der Waals surface area contributed by atoms with Crippen LogP contribution in [-0.2, 0) is 28.9 Å². The van der Waals surface area contributed by atoms with Crippen LogP contribution < -0.4 is 26.0 Å². The van der Waals surface area contributed by atoms with Gasteiger partial charge in [0.25, 0.3) is 15.6 Å². The van der Waals surface area contributed by atoms with Gasteiger partial charge in [-0.05, 0) is 62.3 Å². The van der Waals surface area contributed by atoms with Gasteiger partial charge in [-0.25, -0.2) is 13.2 Å². The monoisotopic (exact) mass is 575 g/mol. The summed E-state index contributed by atoms with van der Waals surface area (Å²) >= 11 is 0. The number of fused-ring (bicyclic) bond motifs is 8. The molecule has 1 aromatic carbocycles. The van der Waals surface area contributed by atoms with Crippen molar-refractivity contribution in [1.29, 1.82) is 0 Å². The van der Waals surface area contributed by atoms with Crippen molar-refractivity contribution in [3.8, 4) is 11.5 Å². The number of aryl methyl sites for hydroxylation is 1. The largest absolute Gasteiger partial charge is 0.493 e. The van der Waals surface area contributed by atoms with Crippen molar-refractivity contribution in [3.05, 3.63) is 50.8 Å². The van der Waals surface area contributed by atoms with Crippen LogP contribution in [-0.4, -0.2) is 78.6 Å². The van der Waals surface area contributed by atoms with Gasteiger partial charge >= 0.3 is 5.69 Å². The SMILES string of the molecule is COc1ccc2cc1OCCCCN(S(=O)(=O)c1cn(C)c(=O)n(C)c1=O)CC(=O)NC[C@H]1C[C@H]2N2CCC[C@@H]12. The number of benzene rings is 1. The number of hydrogen-bond acceptors (Lipinski definition) is 8. The van der Waals surface area contributed by atoms with E-state index < -0.39 is 38.6 Å². The highest BCUT2D eigenvalue weighted by atomic mass is 32.2. The van der Waals surface area contributed by atoms with E-state index >= 15 is 0 Å². The van der Waals surface area contributed by atoms with Crippen LogP contribution >= 0.6 is 0 Å². The number of carbonyl (C=O) groups is 1. The first-order chi connectivity index (χ1) is 19.1. The van der Waals surface area contributed by atoms with Gasteiger partial charge in [-0.15, -0.1) is 0 Å². The summed E-state index contributed by atoms with van der Waals surface area (Å²) in [4.78, 5) is 40.0. The lowest BCUT2D eigenvalue weighted by atomic mass is 9.94. The molecule has 1 N–H and O–H groups in total. The van der Waals surface area contributed by atoms with Crippen LogP contribution in [0.3, 0.4) is 0 Å². The lowest BCUT2D eigenvalue weighted by Gasteiger charge is -2.25. The van der Waals surface area contributed by atoms with Gasteiger partial charge in [-0.1, -0.05) is 6.07 Å². The van der Waals surface area contributed by atoms with Crippen molar-refractivity contribution in [3.63, 3.8) is 0 Å². The maximum Gasteiger partial charge on any atom is 0.330 e. The van der Waals surface area contributed by atoms with Gasteiger partial charge in [0, 0.05) is 45.5 Å². The molecule has 2 fully saturated rings. The van der Waals surface area contributed by atoms with Gasteiger partial charge in [0.2, 0.25) is 5.91 Å². The minimum absolute atomic E-state index is 0.00416. The Bertz CT molecular complexity index is 1500. The zero-order chi connectivity index (χ0) is 28.6. The second-order valence-electron chi connectivity index (χ2n) is 10.8. The molecule has 3 aliphatic rings. The standard InChI is InChI=1S/C27H37N5O7S/c1-29-16-24(26(34)30(2)27(29)35)40(36,37)31-10-4-5-12-39-23-14-18(8-9-22(23)38-3)21-13-19(15-28-25(33)17-31)20-7-6-11-32(20)21/h8-9,14,16,19-21H,4-7,10-13,15,17H2,1-3H3,(H,28,33)/t19-,20+,21-/m1/s1. The van der Waals surface area contributed by atoms with Crippen LogP contribution in [0.25, 0.3) is 0 Å². The fraction of sp³-hybridized carbons (Fsp3) is 0.593. The average molecular weight is 576 g/mol. The zero-order valence-corrected chi connectivity index (χ0v) is 24.0. The molecule has 13 heteroatoms. The summed E-state index contributed by atoms with van der Waals surface area (Å²) in [5.74, 6) is 1.09. The van der Waals surface area contributed by atoms with Gasteiger partial charge in [-0.3, -0.25) is 19.1 Å². The number of hydrogen-bond donors (Lipinski definition) is 1.